The number of ketones is 1. The maximum Gasteiger partial charge on any atom is 0.239 e. The Bertz CT molecular complexity index is 1060. The first-order valence-electron chi connectivity index (χ1n) is 10.2. The van der Waals surface area contributed by atoms with Gasteiger partial charge in [0.25, 0.3) is 0 Å². The molecule has 0 radical (unpaired) electrons. The van der Waals surface area contributed by atoms with Gasteiger partial charge in [0.05, 0.1) is 5.69 Å². The number of hydrogen-bond donors (Lipinski definition) is 2. The summed E-state index contributed by atoms with van der Waals surface area (Å²) < 4.78 is 0. The van der Waals surface area contributed by atoms with Crippen LogP contribution < -0.4 is 10.7 Å². The van der Waals surface area contributed by atoms with E-state index in [0.717, 1.165) is 17.7 Å². The Morgan fingerprint density at radius 1 is 1.07 bits per heavy atom. The second kappa shape index (κ2) is 6.95. The molecule has 0 saturated heterocycles. The van der Waals surface area contributed by atoms with E-state index in [1.54, 1.807) is 12.1 Å². The number of para-hydroxylation sites is 1. The van der Waals surface area contributed by atoms with E-state index < -0.39 is 16.2 Å². The Balaban J connectivity index is 1.71. The highest BCUT2D eigenvalue weighted by Gasteiger charge is 2.76. The second-order valence-electron chi connectivity index (χ2n) is 9.04. The summed E-state index contributed by atoms with van der Waals surface area (Å²) in [5, 5.41) is 8.03. The lowest BCUT2D eigenvalue weighted by atomic mass is 9.64. The summed E-state index contributed by atoms with van der Waals surface area (Å²) in [6.45, 7) is 7.96. The zero-order valence-corrected chi connectivity index (χ0v) is 18.4. The maximum absolute atomic E-state index is 13.7. The van der Waals surface area contributed by atoms with Crippen molar-refractivity contribution >= 4 is 40.4 Å². The molecule has 2 N–H and O–H groups in total. The molecule has 0 spiro atoms. The van der Waals surface area contributed by atoms with Crippen LogP contribution in [0.25, 0.3) is 0 Å². The number of hydrogen-bond acceptors (Lipinski definition) is 4. The summed E-state index contributed by atoms with van der Waals surface area (Å²) in [5.41, 5.74) is 3.55. The first-order valence-corrected chi connectivity index (χ1v) is 10.5. The Morgan fingerprint density at radius 3 is 2.47 bits per heavy atom. The maximum atomic E-state index is 13.7. The first-order chi connectivity index (χ1) is 14.1. The molecule has 4 rings (SSSR count). The molecular formula is C24H26ClN3O2. The van der Waals surface area contributed by atoms with Crippen LogP contribution in [-0.4, -0.2) is 17.4 Å². The van der Waals surface area contributed by atoms with Gasteiger partial charge in [-0.3, -0.25) is 15.0 Å². The monoisotopic (exact) mass is 423 g/mol. The van der Waals surface area contributed by atoms with E-state index in [2.05, 4.69) is 15.8 Å². The van der Waals surface area contributed by atoms with Crippen molar-refractivity contribution in [2.45, 2.75) is 40.5 Å². The van der Waals surface area contributed by atoms with Crippen molar-refractivity contribution in [3.63, 3.8) is 0 Å². The third-order valence-corrected chi connectivity index (χ3v) is 7.71. The van der Waals surface area contributed by atoms with Crippen LogP contribution in [-0.2, 0) is 9.59 Å². The minimum Gasteiger partial charge on any atom is -0.325 e. The minimum atomic E-state index is -1.16. The molecule has 1 amide bonds. The van der Waals surface area contributed by atoms with Crippen molar-refractivity contribution in [1.29, 1.82) is 0 Å². The molecule has 6 heteroatoms. The van der Waals surface area contributed by atoms with Gasteiger partial charge in [-0.25, -0.2) is 0 Å². The molecule has 2 fully saturated rings. The number of halogens is 1. The Morgan fingerprint density at radius 2 is 1.77 bits per heavy atom. The van der Waals surface area contributed by atoms with Crippen molar-refractivity contribution in [3.05, 3.63) is 59.1 Å². The summed E-state index contributed by atoms with van der Waals surface area (Å²) in [6, 6.07) is 14.9. The van der Waals surface area contributed by atoms with E-state index in [1.807, 2.05) is 64.1 Å². The van der Waals surface area contributed by atoms with Gasteiger partial charge in [-0.1, -0.05) is 56.6 Å². The van der Waals surface area contributed by atoms with Crippen LogP contribution in [0.4, 0.5) is 11.4 Å². The average Bonchev–Trinajstić information content (AvgIpc) is 2.99. The molecule has 156 valence electrons. The molecule has 2 aromatic rings. The number of carbonyl (C=O) groups excluding carboxylic acids is 2. The number of nitrogens with one attached hydrogen (secondary N) is 2. The molecular weight excluding hydrogens is 398 g/mol. The summed E-state index contributed by atoms with van der Waals surface area (Å²) in [5.74, 6) is -0.474. The number of Topliss-reactive ketones (excluding diaryl/α,β-unsaturated/α-hetero) is 1. The van der Waals surface area contributed by atoms with E-state index in [0.29, 0.717) is 22.8 Å². The predicted octanol–water partition coefficient (Wildman–Crippen LogP) is 5.45. The van der Waals surface area contributed by atoms with Crippen molar-refractivity contribution in [2.24, 2.45) is 21.3 Å². The molecule has 0 aromatic heterocycles. The number of anilines is 2. The first kappa shape index (κ1) is 20.6. The van der Waals surface area contributed by atoms with Crippen molar-refractivity contribution < 1.29 is 9.59 Å². The lowest BCUT2D eigenvalue weighted by molar-refractivity contribution is -0.140. The quantitative estimate of drug-likeness (QED) is 0.507. The number of hydrazone groups is 1. The molecule has 2 aliphatic carbocycles. The zero-order chi connectivity index (χ0) is 21.7. The van der Waals surface area contributed by atoms with Crippen LogP contribution >= 0.6 is 11.6 Å². The lowest BCUT2D eigenvalue weighted by Gasteiger charge is -2.37. The van der Waals surface area contributed by atoms with Gasteiger partial charge >= 0.3 is 0 Å². The van der Waals surface area contributed by atoms with Crippen LogP contribution in [0.2, 0.25) is 5.02 Å². The molecule has 0 aliphatic heterocycles. The fourth-order valence-corrected chi connectivity index (χ4v) is 5.24. The highest BCUT2D eigenvalue weighted by atomic mass is 35.5. The van der Waals surface area contributed by atoms with E-state index in [1.165, 1.54) is 0 Å². The van der Waals surface area contributed by atoms with Crippen LogP contribution in [0.1, 0.15) is 39.2 Å². The van der Waals surface area contributed by atoms with E-state index in [4.69, 9.17) is 11.6 Å². The topological polar surface area (TPSA) is 70.6 Å². The third kappa shape index (κ3) is 2.72. The number of aryl methyl sites for hydroxylation is 1. The average molecular weight is 424 g/mol. The highest BCUT2D eigenvalue weighted by molar-refractivity contribution is 6.51. The van der Waals surface area contributed by atoms with Crippen LogP contribution in [0, 0.1) is 23.2 Å². The summed E-state index contributed by atoms with van der Waals surface area (Å²) >= 11 is 6.12. The number of amides is 1. The molecule has 2 aromatic carbocycles. The molecule has 2 bridgehead atoms. The summed E-state index contributed by atoms with van der Waals surface area (Å²) in [4.78, 5) is 27.3. The van der Waals surface area contributed by atoms with Crippen LogP contribution in [0.3, 0.4) is 0 Å². The smallest absolute Gasteiger partial charge is 0.239 e. The van der Waals surface area contributed by atoms with Gasteiger partial charge in [0.1, 0.15) is 11.1 Å². The Labute approximate surface area is 181 Å². The Hall–Kier alpha value is -2.66. The molecule has 5 nitrogen and oxygen atoms in total. The Kier molecular flexibility index (Phi) is 4.77. The predicted molar refractivity (Wildman–Crippen MR) is 121 cm³/mol. The van der Waals surface area contributed by atoms with Gasteiger partial charge in [0.2, 0.25) is 5.91 Å². The number of benzene rings is 2. The van der Waals surface area contributed by atoms with E-state index in [9.17, 15) is 9.59 Å². The normalized spacial score (nSPS) is 28.0. The van der Waals surface area contributed by atoms with Crippen LogP contribution in [0.15, 0.2) is 53.6 Å². The van der Waals surface area contributed by atoms with Gasteiger partial charge in [-0.05, 0) is 55.0 Å². The molecule has 2 atom stereocenters. The molecule has 2 saturated carbocycles. The van der Waals surface area contributed by atoms with Crippen molar-refractivity contribution in [3.8, 4) is 0 Å². The van der Waals surface area contributed by atoms with Gasteiger partial charge in [0, 0.05) is 16.1 Å². The number of carbonyl (C=O) groups is 2. The molecule has 2 unspecified atom stereocenters. The van der Waals surface area contributed by atoms with Crippen molar-refractivity contribution in [2.75, 3.05) is 10.7 Å². The zero-order valence-electron chi connectivity index (χ0n) is 17.7. The summed E-state index contributed by atoms with van der Waals surface area (Å²) in [6.07, 6.45) is 1.23. The molecule has 2 aliphatic rings. The van der Waals surface area contributed by atoms with Crippen molar-refractivity contribution in [1.82, 2.24) is 0 Å². The third-order valence-electron chi connectivity index (χ3n) is 7.48. The largest absolute Gasteiger partial charge is 0.325 e. The summed E-state index contributed by atoms with van der Waals surface area (Å²) in [7, 11) is 0. The van der Waals surface area contributed by atoms with Gasteiger partial charge < -0.3 is 5.32 Å². The highest BCUT2D eigenvalue weighted by Crippen LogP contribution is 2.69. The van der Waals surface area contributed by atoms with Gasteiger partial charge in [-0.2, -0.15) is 5.10 Å². The van der Waals surface area contributed by atoms with Crippen LogP contribution in [0.5, 0.6) is 0 Å². The van der Waals surface area contributed by atoms with Gasteiger partial charge in [-0.15, -0.1) is 0 Å². The van der Waals surface area contributed by atoms with Gasteiger partial charge in [0.15, 0.2) is 5.78 Å². The number of rotatable bonds is 4. The molecule has 0 heterocycles. The number of fused-ring (bicyclic) bond motifs is 2. The minimum absolute atomic E-state index is 0.193. The fourth-order valence-electron chi connectivity index (χ4n) is 5.06. The second-order valence-corrected chi connectivity index (χ2v) is 9.48. The fraction of sp³-hybridized carbons (Fsp3) is 0.375. The lowest BCUT2D eigenvalue weighted by Crippen LogP contribution is -2.47. The SMILES string of the molecule is Cc1ccc(Cl)cc1NC(=O)C12CCC(C)(/C(=N/Nc3ccccc3)C1=O)C2(C)C. The van der Waals surface area contributed by atoms with E-state index >= 15 is 0 Å². The molecule has 30 heavy (non-hydrogen) atoms. The standard InChI is InChI=1S/C24H26ClN3O2/c1-15-10-11-16(25)14-18(15)26-21(30)24-13-12-23(4,22(24,2)3)19(20(24)29)28-27-17-8-6-5-7-9-17/h5-11,14,27H,12-13H2,1-4H3,(H,26,30)/b28-19+. The number of nitrogens with zero attached hydrogens (tertiary/aromatic N) is 1. The van der Waals surface area contributed by atoms with E-state index in [-0.39, 0.29) is 11.7 Å².